The van der Waals surface area contributed by atoms with Crippen molar-refractivity contribution in [3.8, 4) is 0 Å². The monoisotopic (exact) mass is 280 g/mol. The van der Waals surface area contributed by atoms with Gasteiger partial charge in [0.15, 0.2) is 5.78 Å². The largest absolute Gasteiger partial charge is 0.289 e. The molecular formula is C18H20OSi. The fraction of sp³-hybridized carbons (Fsp3) is 0.167. The molecule has 0 bridgehead atoms. The fourth-order valence-electron chi connectivity index (χ4n) is 2.18. The third kappa shape index (κ3) is 3.55. The molecule has 2 aromatic carbocycles. The number of rotatable bonds is 4. The lowest BCUT2D eigenvalue weighted by molar-refractivity contribution is 0.104. The predicted molar refractivity (Wildman–Crippen MR) is 89.2 cm³/mol. The normalized spacial score (nSPS) is 11.8. The average molecular weight is 280 g/mol. The van der Waals surface area contributed by atoms with E-state index in [4.69, 9.17) is 0 Å². The first-order valence-corrected chi connectivity index (χ1v) is 10.4. The molecule has 2 rings (SSSR count). The molecule has 0 N–H and O–H groups in total. The van der Waals surface area contributed by atoms with Gasteiger partial charge in [-0.2, -0.15) is 0 Å². The van der Waals surface area contributed by atoms with Crippen molar-refractivity contribution in [1.82, 2.24) is 0 Å². The van der Waals surface area contributed by atoms with Crippen molar-refractivity contribution in [2.45, 2.75) is 19.6 Å². The smallest absolute Gasteiger partial charge is 0.185 e. The van der Waals surface area contributed by atoms with Crippen LogP contribution in [0.5, 0.6) is 0 Å². The van der Waals surface area contributed by atoms with Gasteiger partial charge in [-0.05, 0) is 16.8 Å². The van der Waals surface area contributed by atoms with Crippen LogP contribution in [-0.2, 0) is 0 Å². The average Bonchev–Trinajstić information content (AvgIpc) is 2.45. The highest BCUT2D eigenvalue weighted by Gasteiger charge is 2.21. The minimum absolute atomic E-state index is 0.0897. The van der Waals surface area contributed by atoms with Crippen molar-refractivity contribution in [1.29, 1.82) is 0 Å². The number of benzene rings is 2. The first-order valence-electron chi connectivity index (χ1n) is 6.85. The van der Waals surface area contributed by atoms with Crippen molar-refractivity contribution in [2.75, 3.05) is 0 Å². The first kappa shape index (κ1) is 14.5. The van der Waals surface area contributed by atoms with Crippen LogP contribution in [0.15, 0.2) is 60.7 Å². The molecule has 0 saturated heterocycles. The van der Waals surface area contributed by atoms with Crippen molar-refractivity contribution in [2.24, 2.45) is 0 Å². The van der Waals surface area contributed by atoms with Gasteiger partial charge in [0.1, 0.15) is 0 Å². The first-order chi connectivity index (χ1) is 9.48. The summed E-state index contributed by atoms with van der Waals surface area (Å²) in [5.74, 6) is 0.0897. The number of hydrogen-bond acceptors (Lipinski definition) is 1. The number of carbonyl (C=O) groups excluding carboxylic acids is 1. The van der Waals surface area contributed by atoms with E-state index in [1.165, 1.54) is 5.19 Å². The molecule has 0 aromatic heterocycles. The summed E-state index contributed by atoms with van der Waals surface area (Å²) in [6.07, 6.45) is 3.55. The molecule has 0 saturated carbocycles. The van der Waals surface area contributed by atoms with Crippen LogP contribution in [0.2, 0.25) is 19.6 Å². The molecule has 0 unspecified atom stereocenters. The zero-order valence-electron chi connectivity index (χ0n) is 12.3. The van der Waals surface area contributed by atoms with Crippen molar-refractivity contribution < 1.29 is 4.79 Å². The Morgan fingerprint density at radius 2 is 1.50 bits per heavy atom. The second-order valence-electron chi connectivity index (χ2n) is 5.90. The molecule has 0 aliphatic heterocycles. The molecule has 0 spiro atoms. The lowest BCUT2D eigenvalue weighted by Gasteiger charge is -2.19. The summed E-state index contributed by atoms with van der Waals surface area (Å²) in [4.78, 5) is 12.4. The van der Waals surface area contributed by atoms with Gasteiger partial charge in [-0.25, -0.2) is 0 Å². The Morgan fingerprint density at radius 3 is 2.15 bits per heavy atom. The summed E-state index contributed by atoms with van der Waals surface area (Å²) in [5, 5.41) is 1.22. The van der Waals surface area contributed by atoms with Crippen LogP contribution >= 0.6 is 0 Å². The van der Waals surface area contributed by atoms with Gasteiger partial charge in [0.05, 0.1) is 8.07 Å². The molecule has 2 aromatic rings. The van der Waals surface area contributed by atoms with E-state index >= 15 is 0 Å². The van der Waals surface area contributed by atoms with Gasteiger partial charge < -0.3 is 0 Å². The van der Waals surface area contributed by atoms with Gasteiger partial charge in [0.2, 0.25) is 0 Å². The van der Waals surface area contributed by atoms with E-state index in [1.54, 1.807) is 6.08 Å². The van der Waals surface area contributed by atoms with Crippen LogP contribution in [0.4, 0.5) is 0 Å². The van der Waals surface area contributed by atoms with Gasteiger partial charge in [-0.3, -0.25) is 4.79 Å². The van der Waals surface area contributed by atoms with E-state index in [0.29, 0.717) is 0 Å². The lowest BCUT2D eigenvalue weighted by atomic mass is 10.1. The molecule has 0 aliphatic rings. The maximum absolute atomic E-state index is 12.4. The molecule has 2 heteroatoms. The topological polar surface area (TPSA) is 17.1 Å². The molecule has 102 valence electrons. The standard InChI is InChI=1S/C18H20OSi/c1-20(2,3)18-12-8-7-11-16(18)17(19)14-13-15-9-5-4-6-10-15/h4-14H,1-3H3/b14-13+. The molecule has 1 nitrogen and oxygen atoms in total. The zero-order chi connectivity index (χ0) is 14.6. The summed E-state index contributed by atoms with van der Waals surface area (Å²) >= 11 is 0. The predicted octanol–water partition coefficient (Wildman–Crippen LogP) is 4.13. The lowest BCUT2D eigenvalue weighted by Crippen LogP contribution is -2.41. The van der Waals surface area contributed by atoms with Crippen LogP contribution in [0.3, 0.4) is 0 Å². The second kappa shape index (κ2) is 6.01. The third-order valence-electron chi connectivity index (χ3n) is 3.23. The Kier molecular flexibility index (Phi) is 4.35. The van der Waals surface area contributed by atoms with Crippen molar-refractivity contribution in [3.05, 3.63) is 71.8 Å². The quantitative estimate of drug-likeness (QED) is 0.467. The fourth-order valence-corrected chi connectivity index (χ4v) is 3.79. The molecular weight excluding hydrogens is 260 g/mol. The summed E-state index contributed by atoms with van der Waals surface area (Å²) in [6, 6.07) is 17.9. The molecule has 20 heavy (non-hydrogen) atoms. The van der Waals surface area contributed by atoms with E-state index in [-0.39, 0.29) is 5.78 Å². The highest BCUT2D eigenvalue weighted by Crippen LogP contribution is 2.10. The van der Waals surface area contributed by atoms with E-state index in [9.17, 15) is 4.79 Å². The number of ketones is 1. The van der Waals surface area contributed by atoms with Crippen LogP contribution in [-0.4, -0.2) is 13.9 Å². The van der Waals surface area contributed by atoms with Gasteiger partial charge >= 0.3 is 0 Å². The van der Waals surface area contributed by atoms with Crippen LogP contribution in [0.1, 0.15) is 15.9 Å². The Balaban J connectivity index is 2.29. The Morgan fingerprint density at radius 1 is 0.900 bits per heavy atom. The van der Waals surface area contributed by atoms with Crippen LogP contribution < -0.4 is 5.19 Å². The van der Waals surface area contributed by atoms with E-state index < -0.39 is 8.07 Å². The van der Waals surface area contributed by atoms with Crippen LogP contribution in [0, 0.1) is 0 Å². The minimum Gasteiger partial charge on any atom is -0.289 e. The van der Waals surface area contributed by atoms with E-state index in [0.717, 1.165) is 11.1 Å². The number of carbonyl (C=O) groups is 1. The summed E-state index contributed by atoms with van der Waals surface area (Å²) in [7, 11) is -1.50. The summed E-state index contributed by atoms with van der Waals surface area (Å²) in [5.41, 5.74) is 1.89. The van der Waals surface area contributed by atoms with Gasteiger partial charge in [0, 0.05) is 5.56 Å². The molecule has 0 heterocycles. The Bertz CT molecular complexity index is 621. The molecule has 0 atom stereocenters. The van der Waals surface area contributed by atoms with Gasteiger partial charge in [0.25, 0.3) is 0 Å². The Labute approximate surface area is 122 Å². The molecule has 0 radical (unpaired) electrons. The maximum atomic E-state index is 12.4. The van der Waals surface area contributed by atoms with E-state index in [1.807, 2.05) is 54.6 Å². The molecule has 0 amide bonds. The third-order valence-corrected chi connectivity index (χ3v) is 5.28. The summed E-state index contributed by atoms with van der Waals surface area (Å²) in [6.45, 7) is 6.79. The highest BCUT2D eigenvalue weighted by molar-refractivity contribution is 6.89. The van der Waals surface area contributed by atoms with Gasteiger partial charge in [-0.15, -0.1) is 0 Å². The second-order valence-corrected chi connectivity index (χ2v) is 10.9. The SMILES string of the molecule is C[Si](C)(C)c1ccccc1C(=O)/C=C/c1ccccc1. The number of allylic oxidation sites excluding steroid dienone is 1. The van der Waals surface area contributed by atoms with Crippen LogP contribution in [0.25, 0.3) is 6.08 Å². The molecule has 0 aliphatic carbocycles. The van der Waals surface area contributed by atoms with Crippen molar-refractivity contribution >= 4 is 25.1 Å². The molecule has 0 fully saturated rings. The summed E-state index contributed by atoms with van der Waals surface area (Å²) < 4.78 is 0. The van der Waals surface area contributed by atoms with Gasteiger partial charge in [-0.1, -0.05) is 80.3 Å². The minimum atomic E-state index is -1.50. The maximum Gasteiger partial charge on any atom is 0.185 e. The highest BCUT2D eigenvalue weighted by atomic mass is 28.3. The zero-order valence-corrected chi connectivity index (χ0v) is 13.3. The van der Waals surface area contributed by atoms with Crippen molar-refractivity contribution in [3.63, 3.8) is 0 Å². The number of hydrogen-bond donors (Lipinski definition) is 0. The Hall–Kier alpha value is -1.93. The van der Waals surface area contributed by atoms with E-state index in [2.05, 4.69) is 25.7 Å².